The normalized spacial score (nSPS) is 18.6. The molecule has 0 spiro atoms. The summed E-state index contributed by atoms with van der Waals surface area (Å²) in [6.45, 7) is 0.848. The second-order valence-corrected chi connectivity index (χ2v) is 4.83. The Kier molecular flexibility index (Phi) is 3.19. The second kappa shape index (κ2) is 5.01. The van der Waals surface area contributed by atoms with Crippen LogP contribution in [0.25, 0.3) is 10.9 Å². The van der Waals surface area contributed by atoms with Crippen LogP contribution >= 0.6 is 0 Å². The molecule has 1 aromatic carbocycles. The zero-order chi connectivity index (χ0) is 14.1. The van der Waals surface area contributed by atoms with Crippen LogP contribution in [0.2, 0.25) is 0 Å². The summed E-state index contributed by atoms with van der Waals surface area (Å²) in [6, 6.07) is 4.58. The van der Waals surface area contributed by atoms with E-state index in [1.54, 1.807) is 6.07 Å². The molecule has 1 aliphatic heterocycles. The Bertz CT molecular complexity index is 661. The minimum Gasteiger partial charge on any atom is -0.394 e. The molecule has 2 aromatic rings. The van der Waals surface area contributed by atoms with Crippen molar-refractivity contribution in [3.8, 4) is 0 Å². The number of aliphatic hydroxyl groups is 1. The Labute approximate surface area is 115 Å². The zero-order valence-corrected chi connectivity index (χ0v) is 10.8. The summed E-state index contributed by atoms with van der Waals surface area (Å²) in [5.41, 5.74) is 0.692. The summed E-state index contributed by atoms with van der Waals surface area (Å²) in [6.07, 6.45) is 3.33. The molecule has 1 aliphatic rings. The summed E-state index contributed by atoms with van der Waals surface area (Å²) < 4.78 is 0. The lowest BCUT2D eigenvalue weighted by Gasteiger charge is -2.24. The van der Waals surface area contributed by atoms with E-state index < -0.39 is 4.92 Å². The van der Waals surface area contributed by atoms with Gasteiger partial charge in [0.15, 0.2) is 0 Å². The van der Waals surface area contributed by atoms with E-state index in [0.29, 0.717) is 16.7 Å². The number of fused-ring (bicyclic) bond motifs is 1. The van der Waals surface area contributed by atoms with Crippen LogP contribution in [0.5, 0.6) is 0 Å². The number of non-ortho nitro benzene ring substituents is 1. The van der Waals surface area contributed by atoms with Crippen LogP contribution in [-0.4, -0.2) is 39.2 Å². The van der Waals surface area contributed by atoms with Gasteiger partial charge in [-0.3, -0.25) is 10.1 Å². The Morgan fingerprint density at radius 2 is 2.30 bits per heavy atom. The molecule has 1 unspecified atom stereocenters. The molecule has 0 aliphatic carbocycles. The lowest BCUT2D eigenvalue weighted by molar-refractivity contribution is -0.384. The van der Waals surface area contributed by atoms with E-state index in [-0.39, 0.29) is 18.3 Å². The Morgan fingerprint density at radius 3 is 3.05 bits per heavy atom. The number of anilines is 1. The zero-order valence-electron chi connectivity index (χ0n) is 10.8. The third-order valence-electron chi connectivity index (χ3n) is 3.67. The van der Waals surface area contributed by atoms with Crippen molar-refractivity contribution in [2.24, 2.45) is 0 Å². The largest absolute Gasteiger partial charge is 0.394 e. The maximum atomic E-state index is 10.9. The minimum absolute atomic E-state index is 0.0207. The maximum Gasteiger partial charge on any atom is 0.270 e. The molecule has 1 atom stereocenters. The van der Waals surface area contributed by atoms with Crippen LogP contribution in [0.4, 0.5) is 11.5 Å². The summed E-state index contributed by atoms with van der Waals surface area (Å²) in [5.74, 6) is 0.662. The number of nitro benzene ring substituents is 1. The van der Waals surface area contributed by atoms with Gasteiger partial charge in [-0.2, -0.15) is 0 Å². The van der Waals surface area contributed by atoms with Gasteiger partial charge < -0.3 is 10.0 Å². The molecular formula is C13H14N4O3. The van der Waals surface area contributed by atoms with Crippen molar-refractivity contribution in [1.29, 1.82) is 0 Å². The van der Waals surface area contributed by atoms with Crippen molar-refractivity contribution in [3.63, 3.8) is 0 Å². The average Bonchev–Trinajstić information content (AvgIpc) is 2.94. The fourth-order valence-corrected chi connectivity index (χ4v) is 2.68. The van der Waals surface area contributed by atoms with Gasteiger partial charge in [-0.25, -0.2) is 9.97 Å². The number of hydrogen-bond donors (Lipinski definition) is 1. The predicted molar refractivity (Wildman–Crippen MR) is 73.6 cm³/mol. The molecule has 1 aromatic heterocycles. The summed E-state index contributed by atoms with van der Waals surface area (Å²) in [5, 5.41) is 21.0. The monoisotopic (exact) mass is 274 g/mol. The average molecular weight is 274 g/mol. The van der Waals surface area contributed by atoms with Crippen LogP contribution in [0.1, 0.15) is 12.8 Å². The van der Waals surface area contributed by atoms with Gasteiger partial charge in [0.2, 0.25) is 0 Å². The number of aromatic nitrogens is 2. The predicted octanol–water partition coefficient (Wildman–Crippen LogP) is 1.50. The molecule has 7 heteroatoms. The molecule has 0 radical (unpaired) electrons. The minimum atomic E-state index is -0.427. The Morgan fingerprint density at radius 1 is 1.45 bits per heavy atom. The SMILES string of the molecule is O=[N+]([O-])c1ccc2ncnc(N3CCCC3CO)c2c1. The highest BCUT2D eigenvalue weighted by Crippen LogP contribution is 2.31. The molecule has 20 heavy (non-hydrogen) atoms. The van der Waals surface area contributed by atoms with Gasteiger partial charge in [0.05, 0.1) is 23.1 Å². The Hall–Kier alpha value is -2.28. The number of aliphatic hydroxyl groups excluding tert-OH is 1. The number of rotatable bonds is 3. The van der Waals surface area contributed by atoms with Crippen molar-refractivity contribution >= 4 is 22.4 Å². The van der Waals surface area contributed by atoms with Crippen molar-refractivity contribution in [3.05, 3.63) is 34.6 Å². The van der Waals surface area contributed by atoms with Crippen LogP contribution in [0.15, 0.2) is 24.5 Å². The molecule has 104 valence electrons. The molecule has 2 heterocycles. The van der Waals surface area contributed by atoms with Gasteiger partial charge in [-0.05, 0) is 18.9 Å². The third-order valence-corrected chi connectivity index (χ3v) is 3.67. The van der Waals surface area contributed by atoms with E-state index in [9.17, 15) is 15.2 Å². The third kappa shape index (κ3) is 2.05. The highest BCUT2D eigenvalue weighted by atomic mass is 16.6. The second-order valence-electron chi connectivity index (χ2n) is 4.83. The highest BCUT2D eigenvalue weighted by molar-refractivity contribution is 5.91. The summed E-state index contributed by atoms with van der Waals surface area (Å²) >= 11 is 0. The van der Waals surface area contributed by atoms with Crippen LogP contribution in [0.3, 0.4) is 0 Å². The first-order valence-electron chi connectivity index (χ1n) is 6.47. The molecule has 7 nitrogen and oxygen atoms in total. The molecule has 0 saturated carbocycles. The van der Waals surface area contributed by atoms with E-state index in [2.05, 4.69) is 9.97 Å². The molecule has 1 fully saturated rings. The fourth-order valence-electron chi connectivity index (χ4n) is 2.68. The lowest BCUT2D eigenvalue weighted by Crippen LogP contribution is -2.32. The number of hydrogen-bond acceptors (Lipinski definition) is 6. The van der Waals surface area contributed by atoms with Gasteiger partial charge in [0.1, 0.15) is 12.1 Å². The molecule has 0 amide bonds. The first kappa shape index (κ1) is 12.7. The van der Waals surface area contributed by atoms with E-state index in [1.807, 2.05) is 4.90 Å². The van der Waals surface area contributed by atoms with Crippen molar-refractivity contribution < 1.29 is 10.0 Å². The summed E-state index contributed by atoms with van der Waals surface area (Å²) in [7, 11) is 0. The van der Waals surface area contributed by atoms with Gasteiger partial charge >= 0.3 is 0 Å². The first-order chi connectivity index (χ1) is 9.70. The van der Waals surface area contributed by atoms with E-state index >= 15 is 0 Å². The topological polar surface area (TPSA) is 92.4 Å². The number of nitro groups is 1. The van der Waals surface area contributed by atoms with Crippen molar-refractivity contribution in [2.75, 3.05) is 18.1 Å². The molecule has 1 saturated heterocycles. The van der Waals surface area contributed by atoms with Crippen molar-refractivity contribution in [1.82, 2.24) is 9.97 Å². The maximum absolute atomic E-state index is 10.9. The molecule has 3 rings (SSSR count). The van der Waals surface area contributed by atoms with Gasteiger partial charge in [0.25, 0.3) is 5.69 Å². The van der Waals surface area contributed by atoms with Crippen LogP contribution < -0.4 is 4.90 Å². The van der Waals surface area contributed by atoms with Crippen molar-refractivity contribution in [2.45, 2.75) is 18.9 Å². The molecule has 1 N–H and O–H groups in total. The van der Waals surface area contributed by atoms with E-state index in [4.69, 9.17) is 0 Å². The Balaban J connectivity index is 2.14. The quantitative estimate of drug-likeness (QED) is 0.673. The first-order valence-corrected chi connectivity index (χ1v) is 6.47. The fraction of sp³-hybridized carbons (Fsp3) is 0.385. The van der Waals surface area contributed by atoms with Crippen LogP contribution in [0, 0.1) is 10.1 Å². The lowest BCUT2D eigenvalue weighted by atomic mass is 10.2. The molecule has 0 bridgehead atoms. The van der Waals surface area contributed by atoms with Gasteiger partial charge in [-0.15, -0.1) is 0 Å². The highest BCUT2D eigenvalue weighted by Gasteiger charge is 2.26. The van der Waals surface area contributed by atoms with E-state index in [1.165, 1.54) is 18.5 Å². The smallest absolute Gasteiger partial charge is 0.270 e. The van der Waals surface area contributed by atoms with Gasteiger partial charge in [0, 0.05) is 24.1 Å². The van der Waals surface area contributed by atoms with E-state index in [0.717, 1.165) is 19.4 Å². The molecular weight excluding hydrogens is 260 g/mol. The number of benzene rings is 1. The standard InChI is InChI=1S/C13H14N4O3/c18-7-10-2-1-5-16(10)13-11-6-9(17(19)20)3-4-12(11)14-8-15-13/h3-4,6,8,10,18H,1-2,5,7H2. The van der Waals surface area contributed by atoms with Crippen LogP contribution in [-0.2, 0) is 0 Å². The van der Waals surface area contributed by atoms with Gasteiger partial charge in [-0.1, -0.05) is 0 Å². The number of nitrogens with zero attached hydrogens (tertiary/aromatic N) is 4. The summed E-state index contributed by atoms with van der Waals surface area (Å²) in [4.78, 5) is 20.9.